The first-order valence-corrected chi connectivity index (χ1v) is 9.16. The Bertz CT molecular complexity index is 999. The van der Waals surface area contributed by atoms with Crippen molar-refractivity contribution in [3.8, 4) is 11.8 Å². The minimum absolute atomic E-state index is 0.181. The van der Waals surface area contributed by atoms with Gasteiger partial charge in [0.15, 0.2) is 0 Å². The van der Waals surface area contributed by atoms with Crippen molar-refractivity contribution in [2.45, 2.75) is 11.7 Å². The summed E-state index contributed by atoms with van der Waals surface area (Å²) in [4.78, 5) is 26.2. The molecule has 1 saturated heterocycles. The van der Waals surface area contributed by atoms with E-state index in [1.807, 2.05) is 0 Å². The molecule has 1 heterocycles. The highest BCUT2D eigenvalue weighted by atomic mass is 32.2. The number of carbonyl (C=O) groups is 2. The van der Waals surface area contributed by atoms with Crippen molar-refractivity contribution in [1.29, 1.82) is 5.26 Å². The molecule has 2 aromatic carbocycles. The number of hydrogen-bond acceptors (Lipinski definition) is 5. The van der Waals surface area contributed by atoms with Gasteiger partial charge in [-0.2, -0.15) is 5.26 Å². The molecule has 8 heteroatoms. The molecule has 142 valence electrons. The van der Waals surface area contributed by atoms with E-state index in [0.717, 1.165) is 17.3 Å². The summed E-state index contributed by atoms with van der Waals surface area (Å²) in [6.45, 7) is 0. The number of primary amides is 1. The van der Waals surface area contributed by atoms with E-state index in [1.165, 1.54) is 24.1 Å². The van der Waals surface area contributed by atoms with Gasteiger partial charge in [0.1, 0.15) is 28.2 Å². The molecule has 1 aliphatic heterocycles. The van der Waals surface area contributed by atoms with E-state index >= 15 is 0 Å². The molecule has 0 aromatic heterocycles. The highest BCUT2D eigenvalue weighted by Gasteiger charge is 2.40. The predicted octanol–water partition coefficient (Wildman–Crippen LogP) is 2.75. The zero-order valence-corrected chi connectivity index (χ0v) is 15.7. The van der Waals surface area contributed by atoms with Crippen molar-refractivity contribution in [3.05, 3.63) is 70.5 Å². The fourth-order valence-electron chi connectivity index (χ4n) is 2.82. The van der Waals surface area contributed by atoms with Gasteiger partial charge in [-0.25, -0.2) is 4.39 Å². The van der Waals surface area contributed by atoms with Crippen LogP contribution in [0.3, 0.4) is 0 Å². The van der Waals surface area contributed by atoms with E-state index in [1.54, 1.807) is 42.5 Å². The van der Waals surface area contributed by atoms with E-state index in [4.69, 9.17) is 10.5 Å². The van der Waals surface area contributed by atoms with Crippen LogP contribution in [-0.4, -0.2) is 24.2 Å². The third-order valence-corrected chi connectivity index (χ3v) is 5.43. The Balaban J connectivity index is 2.03. The van der Waals surface area contributed by atoms with Crippen LogP contribution in [0.1, 0.15) is 5.56 Å². The number of nitrogens with two attached hydrogens (primary N) is 1. The third-order valence-electron chi connectivity index (χ3n) is 4.17. The van der Waals surface area contributed by atoms with Gasteiger partial charge in [-0.05, 0) is 36.2 Å². The number of hydrogen-bond donors (Lipinski definition) is 1. The summed E-state index contributed by atoms with van der Waals surface area (Å²) in [6.07, 6.45) is 0.311. The number of thioether (sulfide) groups is 1. The summed E-state index contributed by atoms with van der Waals surface area (Å²) in [7, 11) is 1.50. The van der Waals surface area contributed by atoms with Gasteiger partial charge in [0.05, 0.1) is 18.0 Å². The maximum Gasteiger partial charge on any atom is 0.262 e. The van der Waals surface area contributed by atoms with Crippen molar-refractivity contribution in [1.82, 2.24) is 0 Å². The number of amides is 2. The van der Waals surface area contributed by atoms with Gasteiger partial charge in [-0.1, -0.05) is 30.0 Å². The Labute approximate surface area is 165 Å². The average molecular weight is 397 g/mol. The number of halogens is 1. The zero-order chi connectivity index (χ0) is 20.3. The molecule has 1 aliphatic rings. The largest absolute Gasteiger partial charge is 0.497 e. The molecule has 28 heavy (non-hydrogen) atoms. The van der Waals surface area contributed by atoms with Crippen molar-refractivity contribution in [2.24, 2.45) is 5.73 Å². The number of nitriles is 1. The van der Waals surface area contributed by atoms with Gasteiger partial charge in [0.25, 0.3) is 5.91 Å². The van der Waals surface area contributed by atoms with Crippen molar-refractivity contribution < 1.29 is 18.7 Å². The van der Waals surface area contributed by atoms with E-state index in [-0.39, 0.29) is 22.3 Å². The first kappa shape index (κ1) is 19.5. The zero-order valence-electron chi connectivity index (χ0n) is 14.9. The highest BCUT2D eigenvalue weighted by Crippen LogP contribution is 2.42. The van der Waals surface area contributed by atoms with Gasteiger partial charge in [-0.15, -0.1) is 0 Å². The van der Waals surface area contributed by atoms with E-state index in [2.05, 4.69) is 0 Å². The van der Waals surface area contributed by atoms with Gasteiger partial charge >= 0.3 is 0 Å². The second-order valence-corrected chi connectivity index (χ2v) is 7.16. The minimum atomic E-state index is -0.909. The molecule has 0 spiro atoms. The van der Waals surface area contributed by atoms with Crippen LogP contribution in [0.4, 0.5) is 10.1 Å². The predicted molar refractivity (Wildman–Crippen MR) is 104 cm³/mol. The number of nitrogens with zero attached hydrogens (tertiary/aromatic N) is 2. The Kier molecular flexibility index (Phi) is 5.66. The SMILES string of the molecule is COc1cccc(N2C(=O)[C@H](Cc3ccc(F)cc3)S/C2=C(/C#N)C(N)=O)c1. The molecule has 0 radical (unpaired) electrons. The quantitative estimate of drug-likeness (QED) is 0.618. The molecule has 0 aliphatic carbocycles. The second kappa shape index (κ2) is 8.15. The highest BCUT2D eigenvalue weighted by molar-refractivity contribution is 8.05. The van der Waals surface area contributed by atoms with Gasteiger partial charge in [-0.3, -0.25) is 14.5 Å². The Morgan fingerprint density at radius 2 is 2.04 bits per heavy atom. The Hall–Kier alpha value is -3.31. The molecular weight excluding hydrogens is 381 g/mol. The first-order chi connectivity index (χ1) is 13.4. The molecule has 0 unspecified atom stereocenters. The summed E-state index contributed by atoms with van der Waals surface area (Å²) in [5.41, 5.74) is 6.28. The van der Waals surface area contributed by atoms with Crippen LogP contribution in [0, 0.1) is 17.1 Å². The molecule has 3 rings (SSSR count). The van der Waals surface area contributed by atoms with Gasteiger partial charge < -0.3 is 10.5 Å². The third kappa shape index (κ3) is 3.85. The summed E-state index contributed by atoms with van der Waals surface area (Å²) in [5, 5.41) is 8.98. The van der Waals surface area contributed by atoms with Crippen molar-refractivity contribution in [2.75, 3.05) is 12.0 Å². The summed E-state index contributed by atoms with van der Waals surface area (Å²) in [6, 6.07) is 14.4. The van der Waals surface area contributed by atoms with Crippen molar-refractivity contribution >= 4 is 29.3 Å². The summed E-state index contributed by atoms with van der Waals surface area (Å²) >= 11 is 1.09. The smallest absolute Gasteiger partial charge is 0.262 e. The number of ether oxygens (including phenoxy) is 1. The molecule has 0 saturated carbocycles. The second-order valence-electron chi connectivity index (χ2n) is 5.97. The van der Waals surface area contributed by atoms with Crippen molar-refractivity contribution in [3.63, 3.8) is 0 Å². The number of benzene rings is 2. The van der Waals surface area contributed by atoms with Gasteiger partial charge in [0, 0.05) is 6.07 Å². The maximum atomic E-state index is 13.1. The number of methoxy groups -OCH3 is 1. The maximum absolute atomic E-state index is 13.1. The lowest BCUT2D eigenvalue weighted by Crippen LogP contribution is -2.31. The number of carbonyl (C=O) groups excluding carboxylic acids is 2. The summed E-state index contributed by atoms with van der Waals surface area (Å²) < 4.78 is 18.3. The lowest BCUT2D eigenvalue weighted by atomic mass is 10.1. The minimum Gasteiger partial charge on any atom is -0.497 e. The normalized spacial score (nSPS) is 18.0. The number of rotatable bonds is 5. The molecule has 2 amide bonds. The molecule has 2 aromatic rings. The van der Waals surface area contributed by atoms with Crippen LogP contribution < -0.4 is 15.4 Å². The van der Waals surface area contributed by atoms with E-state index in [9.17, 15) is 19.2 Å². The Morgan fingerprint density at radius 3 is 2.64 bits per heavy atom. The molecule has 1 atom stereocenters. The number of anilines is 1. The standard InChI is InChI=1S/C20H16FN3O3S/c1-27-15-4-2-3-14(10-15)24-19(26)17(9-12-5-7-13(21)8-6-12)28-20(24)16(11-22)18(23)25/h2-8,10,17H,9H2,1H3,(H2,23,25)/b20-16-/t17-/m0/s1. The molecule has 2 N–H and O–H groups in total. The molecular formula is C20H16FN3O3S. The van der Waals surface area contributed by atoms with Crippen LogP contribution in [0.2, 0.25) is 0 Å². The fourth-order valence-corrected chi connectivity index (χ4v) is 4.13. The van der Waals surface area contributed by atoms with Crippen LogP contribution in [0.5, 0.6) is 5.75 Å². The first-order valence-electron chi connectivity index (χ1n) is 8.28. The van der Waals surface area contributed by atoms with Crippen LogP contribution in [-0.2, 0) is 16.0 Å². The summed E-state index contributed by atoms with van der Waals surface area (Å²) in [5.74, 6) is -1.05. The average Bonchev–Trinajstić information content (AvgIpc) is 3.00. The van der Waals surface area contributed by atoms with Crippen LogP contribution >= 0.6 is 11.8 Å². The topological polar surface area (TPSA) is 96.4 Å². The van der Waals surface area contributed by atoms with Crippen LogP contribution in [0.25, 0.3) is 0 Å². The lowest BCUT2D eigenvalue weighted by molar-refractivity contribution is -0.117. The molecule has 1 fully saturated rings. The van der Waals surface area contributed by atoms with Crippen LogP contribution in [0.15, 0.2) is 59.1 Å². The fraction of sp³-hybridized carbons (Fsp3) is 0.150. The van der Waals surface area contributed by atoms with E-state index in [0.29, 0.717) is 17.9 Å². The monoisotopic (exact) mass is 397 g/mol. The molecule has 0 bridgehead atoms. The molecule has 6 nitrogen and oxygen atoms in total. The van der Waals surface area contributed by atoms with Gasteiger partial charge in [0.2, 0.25) is 5.91 Å². The van der Waals surface area contributed by atoms with E-state index < -0.39 is 11.2 Å². The Morgan fingerprint density at radius 1 is 1.32 bits per heavy atom. The lowest BCUT2D eigenvalue weighted by Gasteiger charge is -2.18.